The summed E-state index contributed by atoms with van der Waals surface area (Å²) in [5.41, 5.74) is 2.40. The molecule has 0 saturated heterocycles. The average molecular weight is 422 g/mol. The number of hydrogen-bond donors (Lipinski definition) is 2. The fourth-order valence-electron chi connectivity index (χ4n) is 3.53. The van der Waals surface area contributed by atoms with Gasteiger partial charge in [0.2, 0.25) is 11.8 Å². The molecule has 0 spiro atoms. The Hall–Kier alpha value is -3.73. The lowest BCUT2D eigenvalue weighted by molar-refractivity contribution is -0.136. The smallest absolute Gasteiger partial charge is 0.327 e. The van der Waals surface area contributed by atoms with Gasteiger partial charge < -0.3 is 15.2 Å². The van der Waals surface area contributed by atoms with Gasteiger partial charge in [0.15, 0.2) is 0 Å². The summed E-state index contributed by atoms with van der Waals surface area (Å²) in [5, 5.41) is 19.7. The largest absolute Gasteiger partial charge is 0.480 e. The number of aliphatic carboxylic acids is 1. The van der Waals surface area contributed by atoms with E-state index >= 15 is 0 Å². The number of thioether (sulfide) groups is 1. The summed E-state index contributed by atoms with van der Waals surface area (Å²) in [6.45, 7) is 1.76. The van der Waals surface area contributed by atoms with E-state index in [0.29, 0.717) is 39.4 Å². The zero-order valence-electron chi connectivity index (χ0n) is 15.5. The number of carbonyl (C=O) groups excluding carboxylic acids is 1. The molecule has 0 aromatic carbocycles. The molecule has 2 amide bonds. The van der Waals surface area contributed by atoms with Crippen LogP contribution in [-0.2, 0) is 4.79 Å². The topological polar surface area (TPSA) is 130 Å². The van der Waals surface area contributed by atoms with Crippen LogP contribution in [0.25, 0.3) is 0 Å². The SMILES string of the molecule is Cc1nc(Oc2cccnn2)ccc1N1C(=O)NC2c3c1ccnc3SC2C(=O)O. The van der Waals surface area contributed by atoms with Crippen molar-refractivity contribution in [2.75, 3.05) is 4.90 Å². The van der Waals surface area contributed by atoms with Gasteiger partial charge in [0.25, 0.3) is 0 Å². The summed E-state index contributed by atoms with van der Waals surface area (Å²) in [6.07, 6.45) is 3.11. The van der Waals surface area contributed by atoms with E-state index < -0.39 is 23.3 Å². The first-order chi connectivity index (χ1) is 14.5. The van der Waals surface area contributed by atoms with Crippen molar-refractivity contribution in [3.8, 4) is 11.8 Å². The van der Waals surface area contributed by atoms with Crippen molar-refractivity contribution < 1.29 is 19.4 Å². The van der Waals surface area contributed by atoms with E-state index in [1.807, 2.05) is 0 Å². The van der Waals surface area contributed by atoms with E-state index in [9.17, 15) is 14.7 Å². The van der Waals surface area contributed by atoms with Crippen LogP contribution in [0.2, 0.25) is 0 Å². The number of amides is 2. The number of carboxylic acids is 1. The molecule has 0 fully saturated rings. The van der Waals surface area contributed by atoms with Crippen molar-refractivity contribution in [1.29, 1.82) is 0 Å². The fraction of sp³-hybridized carbons (Fsp3) is 0.158. The number of anilines is 2. The first-order valence-electron chi connectivity index (χ1n) is 8.95. The van der Waals surface area contributed by atoms with Crippen molar-refractivity contribution in [2.45, 2.75) is 23.2 Å². The molecule has 2 aliphatic rings. The normalized spacial score (nSPS) is 19.2. The molecule has 2 unspecified atom stereocenters. The Morgan fingerprint density at radius 3 is 2.80 bits per heavy atom. The predicted octanol–water partition coefficient (Wildman–Crippen LogP) is 2.83. The van der Waals surface area contributed by atoms with Gasteiger partial charge in [-0.15, -0.1) is 5.10 Å². The van der Waals surface area contributed by atoms with E-state index in [1.54, 1.807) is 43.5 Å². The molecular formula is C19H14N6O4S. The number of pyridine rings is 2. The molecule has 2 atom stereocenters. The number of nitrogens with zero attached hydrogens (tertiary/aromatic N) is 5. The molecule has 3 aromatic rings. The third-order valence-electron chi connectivity index (χ3n) is 4.78. The van der Waals surface area contributed by atoms with Gasteiger partial charge in [-0.3, -0.25) is 9.69 Å². The number of aromatic nitrogens is 4. The Balaban J connectivity index is 1.53. The van der Waals surface area contributed by atoms with E-state index in [4.69, 9.17) is 4.74 Å². The molecule has 30 heavy (non-hydrogen) atoms. The number of rotatable bonds is 4. The number of ether oxygens (including phenoxy) is 1. The Bertz CT molecular complexity index is 1170. The lowest BCUT2D eigenvalue weighted by atomic mass is 10.0. The number of nitrogens with one attached hydrogen (secondary N) is 1. The van der Waals surface area contributed by atoms with Gasteiger partial charge in [0.05, 0.1) is 23.1 Å². The molecular weight excluding hydrogens is 408 g/mol. The first-order valence-corrected chi connectivity index (χ1v) is 9.83. The van der Waals surface area contributed by atoms with Crippen LogP contribution in [0.3, 0.4) is 0 Å². The minimum absolute atomic E-state index is 0.305. The number of carboxylic acid groups (broad SMARTS) is 1. The molecule has 11 heteroatoms. The van der Waals surface area contributed by atoms with Crippen molar-refractivity contribution in [3.63, 3.8) is 0 Å². The Morgan fingerprint density at radius 2 is 2.07 bits per heavy atom. The van der Waals surface area contributed by atoms with Gasteiger partial charge in [0.1, 0.15) is 10.3 Å². The van der Waals surface area contributed by atoms with Gasteiger partial charge in [-0.25, -0.2) is 14.8 Å². The average Bonchev–Trinajstić information content (AvgIpc) is 3.10. The molecule has 0 radical (unpaired) electrons. The summed E-state index contributed by atoms with van der Waals surface area (Å²) in [4.78, 5) is 34.8. The molecule has 2 aliphatic heterocycles. The highest BCUT2D eigenvalue weighted by Crippen LogP contribution is 2.50. The molecule has 0 aliphatic carbocycles. The van der Waals surface area contributed by atoms with Crippen LogP contribution in [0.15, 0.2) is 47.8 Å². The summed E-state index contributed by atoms with van der Waals surface area (Å²) >= 11 is 1.14. The van der Waals surface area contributed by atoms with Crippen LogP contribution in [0, 0.1) is 6.92 Å². The summed E-state index contributed by atoms with van der Waals surface area (Å²) in [6, 6.07) is 7.36. The third kappa shape index (κ3) is 2.90. The summed E-state index contributed by atoms with van der Waals surface area (Å²) in [7, 11) is 0. The highest BCUT2D eigenvalue weighted by Gasteiger charge is 2.46. The third-order valence-corrected chi connectivity index (χ3v) is 6.06. The van der Waals surface area contributed by atoms with Gasteiger partial charge >= 0.3 is 12.0 Å². The summed E-state index contributed by atoms with van der Waals surface area (Å²) < 4.78 is 5.60. The van der Waals surface area contributed by atoms with E-state index in [0.717, 1.165) is 11.8 Å². The van der Waals surface area contributed by atoms with E-state index in [1.165, 1.54) is 11.1 Å². The maximum atomic E-state index is 13.0. The van der Waals surface area contributed by atoms with Crippen molar-refractivity contribution >= 4 is 35.1 Å². The van der Waals surface area contributed by atoms with Gasteiger partial charge in [-0.1, -0.05) is 11.8 Å². The van der Waals surface area contributed by atoms with Crippen molar-refractivity contribution in [2.24, 2.45) is 0 Å². The zero-order valence-corrected chi connectivity index (χ0v) is 16.3. The molecule has 10 nitrogen and oxygen atoms in total. The lowest BCUT2D eigenvalue weighted by Crippen LogP contribution is -2.47. The van der Waals surface area contributed by atoms with Crippen LogP contribution in [0.4, 0.5) is 16.2 Å². The fourth-order valence-corrected chi connectivity index (χ4v) is 4.69. The molecule has 5 heterocycles. The number of carbonyl (C=O) groups is 2. The molecule has 0 bridgehead atoms. The molecule has 150 valence electrons. The van der Waals surface area contributed by atoms with Crippen molar-refractivity contribution in [3.05, 3.63) is 54.0 Å². The number of aryl methyl sites for hydroxylation is 1. The second-order valence-electron chi connectivity index (χ2n) is 6.61. The van der Waals surface area contributed by atoms with E-state index in [2.05, 4.69) is 25.5 Å². The van der Waals surface area contributed by atoms with Crippen LogP contribution in [0.5, 0.6) is 11.8 Å². The lowest BCUT2D eigenvalue weighted by Gasteiger charge is -2.34. The monoisotopic (exact) mass is 422 g/mol. The van der Waals surface area contributed by atoms with Crippen LogP contribution < -0.4 is 15.0 Å². The van der Waals surface area contributed by atoms with Crippen LogP contribution >= 0.6 is 11.8 Å². The van der Waals surface area contributed by atoms with Gasteiger partial charge in [0, 0.05) is 30.1 Å². The quantitative estimate of drug-likeness (QED) is 0.651. The maximum Gasteiger partial charge on any atom is 0.327 e. The molecule has 2 N–H and O–H groups in total. The maximum absolute atomic E-state index is 13.0. The second kappa shape index (κ2) is 6.95. The minimum Gasteiger partial charge on any atom is -0.480 e. The summed E-state index contributed by atoms with van der Waals surface area (Å²) in [5.74, 6) is -0.376. The Kier molecular flexibility index (Phi) is 4.24. The van der Waals surface area contributed by atoms with Gasteiger partial charge in [-0.2, -0.15) is 5.10 Å². The minimum atomic E-state index is -0.994. The molecule has 3 aromatic heterocycles. The van der Waals surface area contributed by atoms with Crippen molar-refractivity contribution in [1.82, 2.24) is 25.5 Å². The number of urea groups is 1. The standard InChI is InChI=1S/C19H14N6O4S/c1-9-10(4-5-12(22-9)29-13-3-2-7-21-24-13)25-11-6-8-20-17-14(11)15(23-19(25)28)16(30-17)18(26)27/h2-8,15-16H,1H3,(H,23,28)(H,26,27). The molecule has 0 saturated carbocycles. The Morgan fingerprint density at radius 1 is 1.20 bits per heavy atom. The molecule has 5 rings (SSSR count). The van der Waals surface area contributed by atoms with E-state index in [-0.39, 0.29) is 0 Å². The first kappa shape index (κ1) is 18.3. The van der Waals surface area contributed by atoms with Gasteiger partial charge in [-0.05, 0) is 25.1 Å². The van der Waals surface area contributed by atoms with Crippen LogP contribution in [-0.4, -0.2) is 42.5 Å². The highest BCUT2D eigenvalue weighted by molar-refractivity contribution is 8.00. The number of hydrogen-bond acceptors (Lipinski definition) is 8. The predicted molar refractivity (Wildman–Crippen MR) is 106 cm³/mol. The van der Waals surface area contributed by atoms with Crippen LogP contribution in [0.1, 0.15) is 17.3 Å². The Labute approximate surface area is 174 Å². The zero-order chi connectivity index (χ0) is 20.8. The highest BCUT2D eigenvalue weighted by atomic mass is 32.2. The second-order valence-corrected chi connectivity index (χ2v) is 7.74.